The minimum absolute atomic E-state index is 0.370. The van der Waals surface area contributed by atoms with E-state index in [2.05, 4.69) is 69.1 Å². The smallest absolute Gasteiger partial charge is 0.123 e. The summed E-state index contributed by atoms with van der Waals surface area (Å²) in [5.74, 6) is 2.15. The summed E-state index contributed by atoms with van der Waals surface area (Å²) in [5, 5.41) is 7.31. The molecule has 8 rings (SSSR count). The molecule has 4 aromatic rings. The molecule has 2 aromatic heterocycles. The molecular formula is C30H32N6. The average Bonchev–Trinajstić information content (AvgIpc) is 3.48. The molecule has 2 saturated carbocycles. The Hall–Kier alpha value is -3.22. The minimum Gasteiger partial charge on any atom is -0.341 e. The molecule has 4 N–H and O–H groups in total. The zero-order valence-corrected chi connectivity index (χ0v) is 20.5. The molecule has 4 fully saturated rings. The van der Waals surface area contributed by atoms with Crippen molar-refractivity contribution in [1.82, 2.24) is 30.6 Å². The maximum atomic E-state index is 4.69. The molecule has 2 aliphatic heterocycles. The van der Waals surface area contributed by atoms with Crippen LogP contribution in [0.4, 0.5) is 0 Å². The van der Waals surface area contributed by atoms with Crippen molar-refractivity contribution >= 4 is 0 Å². The molecule has 0 amide bonds. The summed E-state index contributed by atoms with van der Waals surface area (Å²) in [6.07, 6.45) is 11.9. The molecule has 2 spiro atoms. The van der Waals surface area contributed by atoms with Crippen LogP contribution in [0.15, 0.2) is 60.9 Å². The predicted molar refractivity (Wildman–Crippen MR) is 141 cm³/mol. The summed E-state index contributed by atoms with van der Waals surface area (Å²) >= 11 is 0. The maximum absolute atomic E-state index is 4.69. The lowest BCUT2D eigenvalue weighted by atomic mass is 10.0. The highest BCUT2D eigenvalue weighted by Crippen LogP contribution is 2.55. The lowest BCUT2D eigenvalue weighted by Crippen LogP contribution is -2.15. The Morgan fingerprint density at radius 2 is 0.944 bits per heavy atom. The molecule has 2 aliphatic carbocycles. The van der Waals surface area contributed by atoms with Crippen LogP contribution in [0.5, 0.6) is 0 Å². The van der Waals surface area contributed by atoms with Gasteiger partial charge >= 0.3 is 0 Å². The number of H-pyrrole nitrogens is 2. The Morgan fingerprint density at radius 3 is 1.31 bits per heavy atom. The highest BCUT2D eigenvalue weighted by molar-refractivity contribution is 5.71. The van der Waals surface area contributed by atoms with Crippen LogP contribution in [-0.4, -0.2) is 33.0 Å². The average molecular weight is 477 g/mol. The van der Waals surface area contributed by atoms with Crippen LogP contribution in [0.3, 0.4) is 0 Å². The van der Waals surface area contributed by atoms with Gasteiger partial charge in [0, 0.05) is 13.1 Å². The molecule has 4 heterocycles. The summed E-state index contributed by atoms with van der Waals surface area (Å²) < 4.78 is 0. The predicted octanol–water partition coefficient (Wildman–Crippen LogP) is 5.76. The second-order valence-corrected chi connectivity index (χ2v) is 11.8. The Kier molecular flexibility index (Phi) is 4.44. The third-order valence-corrected chi connectivity index (χ3v) is 9.21. The molecule has 6 nitrogen and oxygen atoms in total. The van der Waals surface area contributed by atoms with E-state index < -0.39 is 0 Å². The SMILES string of the molecule is c1cc(-c2cnc([C@@H]3CC4(CC4)CN3)[nH]2)ccc1-c1ccc(-c2cnc([C@@H]3CC4(CC4)CN3)[nH]2)cc1. The van der Waals surface area contributed by atoms with E-state index in [0.29, 0.717) is 22.9 Å². The van der Waals surface area contributed by atoms with Gasteiger partial charge in [0.2, 0.25) is 0 Å². The number of hydrogen-bond acceptors (Lipinski definition) is 4. The van der Waals surface area contributed by atoms with Gasteiger partial charge in [0.05, 0.1) is 35.9 Å². The summed E-state index contributed by atoms with van der Waals surface area (Å²) in [5.41, 5.74) is 8.09. The first-order valence-corrected chi connectivity index (χ1v) is 13.4. The first-order chi connectivity index (χ1) is 17.7. The van der Waals surface area contributed by atoms with Gasteiger partial charge in [-0.05, 0) is 71.6 Å². The number of imidazole rings is 2. The van der Waals surface area contributed by atoms with Gasteiger partial charge in [0.15, 0.2) is 0 Å². The zero-order chi connectivity index (χ0) is 23.7. The second kappa shape index (κ2) is 7.64. The molecular weight excluding hydrogens is 444 g/mol. The van der Waals surface area contributed by atoms with E-state index in [0.717, 1.165) is 36.1 Å². The fourth-order valence-corrected chi connectivity index (χ4v) is 6.34. The molecule has 4 aliphatic rings. The van der Waals surface area contributed by atoms with Crippen LogP contribution in [0.2, 0.25) is 0 Å². The molecule has 36 heavy (non-hydrogen) atoms. The molecule has 2 atom stereocenters. The molecule has 0 bridgehead atoms. The van der Waals surface area contributed by atoms with Crippen LogP contribution in [-0.2, 0) is 0 Å². The van der Waals surface area contributed by atoms with Crippen molar-refractivity contribution < 1.29 is 0 Å². The normalized spacial score (nSPS) is 25.1. The molecule has 182 valence electrons. The lowest BCUT2D eigenvalue weighted by molar-refractivity contribution is 0.543. The number of aromatic nitrogens is 4. The highest BCUT2D eigenvalue weighted by Gasteiger charge is 2.49. The van der Waals surface area contributed by atoms with Gasteiger partial charge in [0.1, 0.15) is 11.6 Å². The summed E-state index contributed by atoms with van der Waals surface area (Å²) in [6.45, 7) is 2.28. The standard InChI is InChI=1S/C30H32N6/c1-5-21(25-15-31-27(35-25)23-13-29(9-10-29)17-33-23)6-2-19(1)20-3-7-22(8-4-20)26-16-32-28(36-26)24-14-30(11-12-30)18-34-24/h1-8,15-16,23-24,33-34H,9-14,17-18H2,(H,31,35)(H,32,36)/t23-,24-/m0/s1. The zero-order valence-electron chi connectivity index (χ0n) is 20.5. The molecule has 0 unspecified atom stereocenters. The van der Waals surface area contributed by atoms with E-state index in [1.807, 2.05) is 12.4 Å². The van der Waals surface area contributed by atoms with E-state index in [1.54, 1.807) is 0 Å². The third-order valence-electron chi connectivity index (χ3n) is 9.21. The molecule has 6 heteroatoms. The monoisotopic (exact) mass is 476 g/mol. The van der Waals surface area contributed by atoms with E-state index in [9.17, 15) is 0 Å². The van der Waals surface area contributed by atoms with E-state index in [-0.39, 0.29) is 0 Å². The minimum atomic E-state index is 0.370. The summed E-state index contributed by atoms with van der Waals surface area (Å²) in [6, 6.07) is 18.3. The van der Waals surface area contributed by atoms with Crippen molar-refractivity contribution in [1.29, 1.82) is 0 Å². The van der Waals surface area contributed by atoms with Crippen LogP contribution < -0.4 is 10.6 Å². The van der Waals surface area contributed by atoms with Gasteiger partial charge < -0.3 is 20.6 Å². The Morgan fingerprint density at radius 1 is 0.556 bits per heavy atom. The van der Waals surface area contributed by atoms with Gasteiger partial charge in [-0.2, -0.15) is 0 Å². The number of aromatic amines is 2. The van der Waals surface area contributed by atoms with Crippen LogP contribution in [0.1, 0.15) is 62.3 Å². The van der Waals surface area contributed by atoms with Crippen molar-refractivity contribution in [3.05, 3.63) is 72.6 Å². The summed E-state index contributed by atoms with van der Waals surface area (Å²) in [7, 11) is 0. The first kappa shape index (κ1) is 20.9. The Bertz CT molecular complexity index is 1290. The number of nitrogens with one attached hydrogen (secondary N) is 4. The van der Waals surface area contributed by atoms with Crippen molar-refractivity contribution in [3.63, 3.8) is 0 Å². The maximum Gasteiger partial charge on any atom is 0.123 e. The van der Waals surface area contributed by atoms with Gasteiger partial charge in [-0.15, -0.1) is 0 Å². The van der Waals surface area contributed by atoms with E-state index in [1.165, 1.54) is 60.8 Å². The third kappa shape index (κ3) is 3.62. The summed E-state index contributed by atoms with van der Waals surface area (Å²) in [4.78, 5) is 16.5. The van der Waals surface area contributed by atoms with E-state index in [4.69, 9.17) is 9.97 Å². The van der Waals surface area contributed by atoms with Crippen molar-refractivity contribution in [2.24, 2.45) is 10.8 Å². The van der Waals surface area contributed by atoms with Crippen LogP contribution >= 0.6 is 0 Å². The first-order valence-electron chi connectivity index (χ1n) is 13.4. The fourth-order valence-electron chi connectivity index (χ4n) is 6.34. The number of nitrogens with zero attached hydrogens (tertiary/aromatic N) is 2. The molecule has 0 radical (unpaired) electrons. The Balaban J connectivity index is 0.958. The number of hydrogen-bond donors (Lipinski definition) is 4. The van der Waals surface area contributed by atoms with Crippen LogP contribution in [0.25, 0.3) is 33.6 Å². The quantitative estimate of drug-likeness (QED) is 0.295. The molecule has 2 saturated heterocycles. The molecule has 2 aromatic carbocycles. The van der Waals surface area contributed by atoms with Crippen molar-refractivity contribution in [3.8, 4) is 33.6 Å². The number of benzene rings is 2. The fraction of sp³-hybridized carbons (Fsp3) is 0.400. The van der Waals surface area contributed by atoms with Gasteiger partial charge in [-0.1, -0.05) is 48.5 Å². The highest BCUT2D eigenvalue weighted by atomic mass is 15.1. The van der Waals surface area contributed by atoms with Crippen molar-refractivity contribution in [2.45, 2.75) is 50.6 Å². The van der Waals surface area contributed by atoms with Crippen molar-refractivity contribution in [2.75, 3.05) is 13.1 Å². The van der Waals surface area contributed by atoms with Gasteiger partial charge in [-0.3, -0.25) is 0 Å². The van der Waals surface area contributed by atoms with Gasteiger partial charge in [0.25, 0.3) is 0 Å². The number of rotatable bonds is 5. The van der Waals surface area contributed by atoms with E-state index >= 15 is 0 Å². The van der Waals surface area contributed by atoms with Gasteiger partial charge in [-0.25, -0.2) is 9.97 Å². The Labute approximate surface area is 211 Å². The topological polar surface area (TPSA) is 81.4 Å². The second-order valence-electron chi connectivity index (χ2n) is 11.8. The largest absolute Gasteiger partial charge is 0.341 e. The lowest BCUT2D eigenvalue weighted by Gasteiger charge is -2.07. The van der Waals surface area contributed by atoms with Crippen LogP contribution in [0, 0.1) is 10.8 Å².